The lowest BCUT2D eigenvalue weighted by Crippen LogP contribution is -2.51. The third-order valence-electron chi connectivity index (χ3n) is 4.42. The Balaban J connectivity index is 2.20. The summed E-state index contributed by atoms with van der Waals surface area (Å²) in [6.07, 6.45) is -3.69. The summed E-state index contributed by atoms with van der Waals surface area (Å²) < 4.78 is 39.6. The fourth-order valence-corrected chi connectivity index (χ4v) is 2.85. The molecule has 1 fully saturated rings. The van der Waals surface area contributed by atoms with Gasteiger partial charge in [0.15, 0.2) is 0 Å². The Morgan fingerprint density at radius 3 is 2.44 bits per heavy atom. The molecule has 4 nitrogen and oxygen atoms in total. The fourth-order valence-electron chi connectivity index (χ4n) is 2.85. The molecule has 1 aromatic carbocycles. The number of hydrogen-bond acceptors (Lipinski definition) is 2. The van der Waals surface area contributed by atoms with Crippen molar-refractivity contribution in [3.8, 4) is 0 Å². The summed E-state index contributed by atoms with van der Waals surface area (Å²) in [6, 6.07) is 4.28. The molecule has 2 rings (SSSR count). The summed E-state index contributed by atoms with van der Waals surface area (Å²) in [6.45, 7) is 5.59. The van der Waals surface area contributed by atoms with E-state index in [0.717, 1.165) is 6.07 Å². The number of benzene rings is 1. The lowest BCUT2D eigenvalue weighted by atomic mass is 9.82. The van der Waals surface area contributed by atoms with E-state index in [4.69, 9.17) is 0 Å². The van der Waals surface area contributed by atoms with Crippen molar-refractivity contribution in [2.75, 3.05) is 0 Å². The van der Waals surface area contributed by atoms with Crippen LogP contribution >= 0.6 is 0 Å². The van der Waals surface area contributed by atoms with Crippen LogP contribution in [0.1, 0.15) is 44.7 Å². The molecule has 7 heteroatoms. The Kier molecular flexibility index (Phi) is 5.44. The first kappa shape index (κ1) is 19.3. The highest BCUT2D eigenvalue weighted by Gasteiger charge is 2.36. The van der Waals surface area contributed by atoms with Crippen molar-refractivity contribution in [1.29, 1.82) is 0 Å². The van der Waals surface area contributed by atoms with Crippen LogP contribution in [0.15, 0.2) is 24.3 Å². The number of carbonyl (C=O) groups excluding carboxylic acids is 2. The van der Waals surface area contributed by atoms with Crippen molar-refractivity contribution in [2.24, 2.45) is 5.41 Å². The Bertz CT molecular complexity index is 650. The van der Waals surface area contributed by atoms with Crippen LogP contribution in [0.4, 0.5) is 13.2 Å². The number of alkyl halides is 3. The van der Waals surface area contributed by atoms with Crippen LogP contribution in [-0.2, 0) is 22.2 Å². The fraction of sp³-hybridized carbons (Fsp3) is 0.556. The SMILES string of the molecule is CC(C)(C)C(Cc1ccccc1C(F)(F)F)NC(=O)C1CCC(=O)N1. The Morgan fingerprint density at radius 2 is 1.92 bits per heavy atom. The summed E-state index contributed by atoms with van der Waals surface area (Å²) in [7, 11) is 0. The van der Waals surface area contributed by atoms with Gasteiger partial charge in [-0.15, -0.1) is 0 Å². The zero-order valence-electron chi connectivity index (χ0n) is 14.5. The number of nitrogens with one attached hydrogen (secondary N) is 2. The third kappa shape index (κ3) is 4.96. The van der Waals surface area contributed by atoms with E-state index in [9.17, 15) is 22.8 Å². The third-order valence-corrected chi connectivity index (χ3v) is 4.42. The molecular weight excluding hydrogens is 333 g/mol. The Hall–Kier alpha value is -2.05. The first-order valence-corrected chi connectivity index (χ1v) is 8.23. The molecule has 0 bridgehead atoms. The van der Waals surface area contributed by atoms with E-state index < -0.39 is 29.2 Å². The molecule has 2 N–H and O–H groups in total. The van der Waals surface area contributed by atoms with Gasteiger partial charge in [0, 0.05) is 12.5 Å². The molecule has 1 saturated heterocycles. The van der Waals surface area contributed by atoms with Gasteiger partial charge in [-0.25, -0.2) is 0 Å². The molecule has 2 amide bonds. The maximum Gasteiger partial charge on any atom is 0.416 e. The number of amides is 2. The molecule has 0 radical (unpaired) electrons. The average molecular weight is 356 g/mol. The van der Waals surface area contributed by atoms with Crippen LogP contribution in [0, 0.1) is 5.41 Å². The van der Waals surface area contributed by atoms with E-state index in [-0.39, 0.29) is 30.2 Å². The van der Waals surface area contributed by atoms with E-state index >= 15 is 0 Å². The Labute approximate surface area is 145 Å². The molecule has 1 aromatic rings. The minimum Gasteiger partial charge on any atom is -0.351 e. The molecule has 0 aliphatic carbocycles. The van der Waals surface area contributed by atoms with Crippen LogP contribution < -0.4 is 10.6 Å². The molecule has 25 heavy (non-hydrogen) atoms. The normalized spacial score (nSPS) is 19.4. The molecular formula is C18H23F3N2O2. The predicted molar refractivity (Wildman–Crippen MR) is 87.7 cm³/mol. The van der Waals surface area contributed by atoms with Gasteiger partial charge < -0.3 is 10.6 Å². The summed E-state index contributed by atoms with van der Waals surface area (Å²) in [4.78, 5) is 23.6. The van der Waals surface area contributed by atoms with E-state index in [0.29, 0.717) is 6.42 Å². The highest BCUT2D eigenvalue weighted by Crippen LogP contribution is 2.34. The second kappa shape index (κ2) is 7.06. The maximum atomic E-state index is 13.2. The van der Waals surface area contributed by atoms with Crippen LogP contribution in [0.3, 0.4) is 0 Å². The number of hydrogen-bond donors (Lipinski definition) is 2. The summed E-state index contributed by atoms with van der Waals surface area (Å²) in [5, 5.41) is 5.40. The van der Waals surface area contributed by atoms with Gasteiger partial charge in [-0.05, 0) is 29.9 Å². The number of carbonyl (C=O) groups is 2. The second-order valence-electron chi connectivity index (χ2n) is 7.45. The monoisotopic (exact) mass is 356 g/mol. The predicted octanol–water partition coefficient (Wildman–Crippen LogP) is 3.06. The Morgan fingerprint density at radius 1 is 1.28 bits per heavy atom. The average Bonchev–Trinajstić information content (AvgIpc) is 2.91. The van der Waals surface area contributed by atoms with Crippen molar-refractivity contribution < 1.29 is 22.8 Å². The van der Waals surface area contributed by atoms with Crippen molar-refractivity contribution in [3.63, 3.8) is 0 Å². The standard InChI is InChI=1S/C18H23F3N2O2/c1-17(2,3)14(23-16(25)13-8-9-15(24)22-13)10-11-6-4-5-7-12(11)18(19,20)21/h4-7,13-14H,8-10H2,1-3H3,(H,22,24)(H,23,25). The van der Waals surface area contributed by atoms with E-state index in [1.165, 1.54) is 12.1 Å². The second-order valence-corrected chi connectivity index (χ2v) is 7.45. The largest absolute Gasteiger partial charge is 0.416 e. The summed E-state index contributed by atoms with van der Waals surface area (Å²) >= 11 is 0. The quantitative estimate of drug-likeness (QED) is 0.871. The lowest BCUT2D eigenvalue weighted by Gasteiger charge is -2.33. The summed E-state index contributed by atoms with van der Waals surface area (Å²) in [5.41, 5.74) is -0.991. The van der Waals surface area contributed by atoms with Crippen LogP contribution in [0.5, 0.6) is 0 Å². The molecule has 1 heterocycles. The van der Waals surface area contributed by atoms with Crippen LogP contribution in [-0.4, -0.2) is 23.9 Å². The zero-order chi connectivity index (χ0) is 18.8. The van der Waals surface area contributed by atoms with Gasteiger partial charge in [0.05, 0.1) is 5.56 Å². The first-order chi connectivity index (χ1) is 11.5. The molecule has 2 atom stereocenters. The maximum absolute atomic E-state index is 13.2. The molecule has 138 valence electrons. The van der Waals surface area contributed by atoms with Crippen molar-refractivity contribution >= 4 is 11.8 Å². The van der Waals surface area contributed by atoms with Gasteiger partial charge in [0.2, 0.25) is 11.8 Å². The van der Waals surface area contributed by atoms with Gasteiger partial charge in [-0.1, -0.05) is 39.0 Å². The molecule has 2 unspecified atom stereocenters. The van der Waals surface area contributed by atoms with Gasteiger partial charge in [0.25, 0.3) is 0 Å². The molecule has 1 aliphatic heterocycles. The van der Waals surface area contributed by atoms with Crippen molar-refractivity contribution in [3.05, 3.63) is 35.4 Å². The minimum absolute atomic E-state index is 0.0611. The van der Waals surface area contributed by atoms with E-state index in [1.807, 2.05) is 20.8 Å². The van der Waals surface area contributed by atoms with Gasteiger partial charge in [-0.2, -0.15) is 13.2 Å². The first-order valence-electron chi connectivity index (χ1n) is 8.23. The molecule has 0 aromatic heterocycles. The lowest BCUT2D eigenvalue weighted by molar-refractivity contribution is -0.138. The molecule has 0 saturated carbocycles. The zero-order valence-corrected chi connectivity index (χ0v) is 14.5. The molecule has 1 aliphatic rings. The topological polar surface area (TPSA) is 58.2 Å². The van der Waals surface area contributed by atoms with Gasteiger partial charge in [-0.3, -0.25) is 9.59 Å². The van der Waals surface area contributed by atoms with Crippen LogP contribution in [0.2, 0.25) is 0 Å². The van der Waals surface area contributed by atoms with Crippen molar-refractivity contribution in [1.82, 2.24) is 10.6 Å². The number of halogens is 3. The smallest absolute Gasteiger partial charge is 0.351 e. The van der Waals surface area contributed by atoms with E-state index in [2.05, 4.69) is 10.6 Å². The highest BCUT2D eigenvalue weighted by atomic mass is 19.4. The van der Waals surface area contributed by atoms with Crippen LogP contribution in [0.25, 0.3) is 0 Å². The van der Waals surface area contributed by atoms with Gasteiger partial charge >= 0.3 is 6.18 Å². The van der Waals surface area contributed by atoms with Crippen molar-refractivity contribution in [2.45, 2.75) is 58.3 Å². The minimum atomic E-state index is -4.44. The summed E-state index contributed by atoms with van der Waals surface area (Å²) in [5.74, 6) is -0.537. The number of rotatable bonds is 4. The highest BCUT2D eigenvalue weighted by molar-refractivity contribution is 5.90. The molecule has 0 spiro atoms. The van der Waals surface area contributed by atoms with E-state index in [1.54, 1.807) is 6.07 Å². The van der Waals surface area contributed by atoms with Gasteiger partial charge in [0.1, 0.15) is 6.04 Å².